The third-order valence-corrected chi connectivity index (χ3v) is 3.63. The quantitative estimate of drug-likeness (QED) is 0.697. The number of ether oxygens (including phenoxy) is 1. The average Bonchev–Trinajstić information content (AvgIpc) is 2.85. The first kappa shape index (κ1) is 12.7. The molecule has 0 aliphatic rings. The summed E-state index contributed by atoms with van der Waals surface area (Å²) in [6.07, 6.45) is 2.02. The number of halogens is 1. The van der Waals surface area contributed by atoms with E-state index in [-0.39, 0.29) is 5.82 Å². The lowest BCUT2D eigenvalue weighted by Crippen LogP contribution is -2.00. The molecule has 0 aliphatic heterocycles. The third-order valence-electron chi connectivity index (χ3n) is 3.63. The Kier molecular flexibility index (Phi) is 3.18. The van der Waals surface area contributed by atoms with Crippen LogP contribution in [0.15, 0.2) is 48.7 Å². The van der Waals surface area contributed by atoms with Crippen molar-refractivity contribution in [1.82, 2.24) is 4.57 Å². The Bertz CT molecular complexity index is 761. The summed E-state index contributed by atoms with van der Waals surface area (Å²) in [4.78, 5) is 0. The van der Waals surface area contributed by atoms with Gasteiger partial charge in [0.1, 0.15) is 11.6 Å². The molecule has 0 bridgehead atoms. The van der Waals surface area contributed by atoms with Crippen molar-refractivity contribution < 1.29 is 9.13 Å². The summed E-state index contributed by atoms with van der Waals surface area (Å²) in [5.41, 5.74) is 3.22. The maximum absolute atomic E-state index is 13.4. The van der Waals surface area contributed by atoms with E-state index in [0.29, 0.717) is 6.54 Å². The summed E-state index contributed by atoms with van der Waals surface area (Å²) >= 11 is 0. The Morgan fingerprint density at radius 3 is 2.75 bits per heavy atom. The summed E-state index contributed by atoms with van der Waals surface area (Å²) < 4.78 is 20.7. The first-order valence-electron chi connectivity index (χ1n) is 6.55. The molecule has 20 heavy (non-hydrogen) atoms. The van der Waals surface area contributed by atoms with Crippen molar-refractivity contribution in [3.63, 3.8) is 0 Å². The molecule has 2 nitrogen and oxygen atoms in total. The van der Waals surface area contributed by atoms with E-state index in [1.165, 1.54) is 6.07 Å². The number of aromatic nitrogens is 1. The van der Waals surface area contributed by atoms with Crippen LogP contribution >= 0.6 is 0 Å². The van der Waals surface area contributed by atoms with Crippen molar-refractivity contribution in [2.45, 2.75) is 13.5 Å². The molecule has 0 spiro atoms. The van der Waals surface area contributed by atoms with Crippen LogP contribution in [-0.2, 0) is 6.54 Å². The minimum absolute atomic E-state index is 0.191. The minimum Gasteiger partial charge on any atom is -0.497 e. The first-order valence-corrected chi connectivity index (χ1v) is 6.55. The van der Waals surface area contributed by atoms with Gasteiger partial charge in [-0.25, -0.2) is 4.39 Å². The van der Waals surface area contributed by atoms with Gasteiger partial charge in [-0.05, 0) is 54.4 Å². The fourth-order valence-electron chi connectivity index (χ4n) is 2.44. The second kappa shape index (κ2) is 5.00. The van der Waals surface area contributed by atoms with Crippen LogP contribution in [0, 0.1) is 12.7 Å². The van der Waals surface area contributed by atoms with Gasteiger partial charge in [0.05, 0.1) is 7.11 Å². The van der Waals surface area contributed by atoms with Crippen LogP contribution in [0.2, 0.25) is 0 Å². The lowest BCUT2D eigenvalue weighted by molar-refractivity contribution is 0.415. The molecule has 0 radical (unpaired) electrons. The highest BCUT2D eigenvalue weighted by atomic mass is 19.1. The number of aryl methyl sites for hydroxylation is 1. The van der Waals surface area contributed by atoms with Crippen LogP contribution < -0.4 is 4.74 Å². The summed E-state index contributed by atoms with van der Waals surface area (Å²) in [5.74, 6) is 0.654. The number of hydrogen-bond acceptors (Lipinski definition) is 1. The normalized spacial score (nSPS) is 10.9. The molecule has 0 N–H and O–H groups in total. The van der Waals surface area contributed by atoms with Gasteiger partial charge in [0.25, 0.3) is 0 Å². The highest BCUT2D eigenvalue weighted by molar-refractivity contribution is 5.81. The van der Waals surface area contributed by atoms with Crippen molar-refractivity contribution in [2.75, 3.05) is 7.11 Å². The topological polar surface area (TPSA) is 14.2 Å². The molecule has 0 fully saturated rings. The smallest absolute Gasteiger partial charge is 0.123 e. The number of methoxy groups -OCH3 is 1. The van der Waals surface area contributed by atoms with Gasteiger partial charge in [-0.1, -0.05) is 6.07 Å². The van der Waals surface area contributed by atoms with Crippen LogP contribution in [0.4, 0.5) is 4.39 Å². The van der Waals surface area contributed by atoms with E-state index >= 15 is 0 Å². The maximum Gasteiger partial charge on any atom is 0.123 e. The molecule has 3 heteroatoms. The lowest BCUT2D eigenvalue weighted by atomic mass is 10.1. The zero-order valence-corrected chi connectivity index (χ0v) is 11.6. The standard InChI is InChI=1S/C17H16FNO/c1-12-3-4-15(18)9-14(12)11-19-8-7-13-10-16(20-2)5-6-17(13)19/h3-10H,11H2,1-2H3. The predicted octanol–water partition coefficient (Wildman–Crippen LogP) is 4.15. The predicted molar refractivity (Wildman–Crippen MR) is 78.7 cm³/mol. The molecule has 3 rings (SSSR count). The number of hydrogen-bond donors (Lipinski definition) is 0. The largest absolute Gasteiger partial charge is 0.497 e. The van der Waals surface area contributed by atoms with Crippen molar-refractivity contribution >= 4 is 10.9 Å². The van der Waals surface area contributed by atoms with Gasteiger partial charge >= 0.3 is 0 Å². The van der Waals surface area contributed by atoms with Gasteiger partial charge in [0.15, 0.2) is 0 Å². The van der Waals surface area contributed by atoms with Gasteiger partial charge in [-0.2, -0.15) is 0 Å². The van der Waals surface area contributed by atoms with Crippen molar-refractivity contribution in [2.24, 2.45) is 0 Å². The fourth-order valence-corrected chi connectivity index (χ4v) is 2.44. The molecule has 1 aromatic heterocycles. The molecular formula is C17H16FNO. The molecule has 0 saturated carbocycles. The minimum atomic E-state index is -0.191. The van der Waals surface area contributed by atoms with Gasteiger partial charge in [0.2, 0.25) is 0 Å². The highest BCUT2D eigenvalue weighted by Crippen LogP contribution is 2.23. The molecule has 0 atom stereocenters. The first-order chi connectivity index (χ1) is 9.67. The molecule has 0 aliphatic carbocycles. The van der Waals surface area contributed by atoms with E-state index in [2.05, 4.69) is 4.57 Å². The van der Waals surface area contributed by atoms with Crippen LogP contribution in [0.3, 0.4) is 0 Å². The van der Waals surface area contributed by atoms with Gasteiger partial charge < -0.3 is 9.30 Å². The monoisotopic (exact) mass is 269 g/mol. The molecule has 3 aromatic rings. The summed E-state index contributed by atoms with van der Waals surface area (Å²) in [7, 11) is 1.66. The van der Waals surface area contributed by atoms with Crippen LogP contribution in [-0.4, -0.2) is 11.7 Å². The average molecular weight is 269 g/mol. The molecule has 2 aromatic carbocycles. The molecule has 102 valence electrons. The zero-order chi connectivity index (χ0) is 14.1. The maximum atomic E-state index is 13.4. The van der Waals surface area contributed by atoms with Crippen LogP contribution in [0.25, 0.3) is 10.9 Å². The molecular weight excluding hydrogens is 253 g/mol. The van der Waals surface area contributed by atoms with E-state index in [4.69, 9.17) is 4.74 Å². The fraction of sp³-hybridized carbons (Fsp3) is 0.176. The van der Waals surface area contributed by atoms with E-state index in [1.54, 1.807) is 13.2 Å². The molecule has 1 heterocycles. The van der Waals surface area contributed by atoms with E-state index < -0.39 is 0 Å². The molecule has 0 amide bonds. The van der Waals surface area contributed by atoms with Gasteiger partial charge in [0, 0.05) is 23.6 Å². The second-order valence-electron chi connectivity index (χ2n) is 4.94. The Hall–Kier alpha value is -2.29. The van der Waals surface area contributed by atoms with Gasteiger partial charge in [-0.3, -0.25) is 0 Å². The Morgan fingerprint density at radius 2 is 1.95 bits per heavy atom. The van der Waals surface area contributed by atoms with Crippen molar-refractivity contribution in [3.8, 4) is 5.75 Å². The Labute approximate surface area is 117 Å². The number of benzene rings is 2. The van der Waals surface area contributed by atoms with Crippen molar-refractivity contribution in [3.05, 3.63) is 65.6 Å². The summed E-state index contributed by atoms with van der Waals surface area (Å²) in [5, 5.41) is 1.12. The van der Waals surface area contributed by atoms with E-state index in [1.807, 2.05) is 43.5 Å². The highest BCUT2D eigenvalue weighted by Gasteiger charge is 2.06. The molecule has 0 unspecified atom stereocenters. The number of fused-ring (bicyclic) bond motifs is 1. The lowest BCUT2D eigenvalue weighted by Gasteiger charge is -2.09. The second-order valence-corrected chi connectivity index (χ2v) is 4.94. The molecule has 0 saturated heterocycles. The Balaban J connectivity index is 2.00. The zero-order valence-electron chi connectivity index (χ0n) is 11.6. The number of nitrogens with zero attached hydrogens (tertiary/aromatic N) is 1. The SMILES string of the molecule is COc1ccc2c(ccn2Cc2cc(F)ccc2C)c1. The summed E-state index contributed by atoms with van der Waals surface area (Å²) in [6.45, 7) is 2.67. The summed E-state index contributed by atoms with van der Waals surface area (Å²) in [6, 6.07) is 12.9. The van der Waals surface area contributed by atoms with Crippen LogP contribution in [0.5, 0.6) is 5.75 Å². The van der Waals surface area contributed by atoms with E-state index in [0.717, 1.165) is 27.8 Å². The Morgan fingerprint density at radius 1 is 1.10 bits per heavy atom. The number of rotatable bonds is 3. The van der Waals surface area contributed by atoms with Gasteiger partial charge in [-0.15, -0.1) is 0 Å². The van der Waals surface area contributed by atoms with E-state index in [9.17, 15) is 4.39 Å². The third kappa shape index (κ3) is 2.27. The van der Waals surface area contributed by atoms with Crippen LogP contribution in [0.1, 0.15) is 11.1 Å². The van der Waals surface area contributed by atoms with Crippen molar-refractivity contribution in [1.29, 1.82) is 0 Å².